The van der Waals surface area contributed by atoms with Crippen LogP contribution in [0, 0.1) is 5.92 Å². The Morgan fingerprint density at radius 1 is 1.38 bits per heavy atom. The lowest BCUT2D eigenvalue weighted by atomic mass is 9.92. The maximum absolute atomic E-state index is 3.61. The SMILES string of the molecule is CC(C)CC1CC(N(C)C)CCN1. The van der Waals surface area contributed by atoms with Gasteiger partial charge in [0.25, 0.3) is 0 Å². The van der Waals surface area contributed by atoms with Crippen LogP contribution in [0.25, 0.3) is 0 Å². The van der Waals surface area contributed by atoms with Gasteiger partial charge in [0.05, 0.1) is 0 Å². The highest BCUT2D eigenvalue weighted by atomic mass is 15.1. The zero-order chi connectivity index (χ0) is 9.84. The van der Waals surface area contributed by atoms with Gasteiger partial charge < -0.3 is 10.2 Å². The Hall–Kier alpha value is -0.0800. The minimum absolute atomic E-state index is 0.751. The lowest BCUT2D eigenvalue weighted by Crippen LogP contribution is -2.45. The lowest BCUT2D eigenvalue weighted by molar-refractivity contribution is 0.195. The molecule has 13 heavy (non-hydrogen) atoms. The van der Waals surface area contributed by atoms with Crippen LogP contribution in [-0.2, 0) is 0 Å². The van der Waals surface area contributed by atoms with Crippen molar-refractivity contribution in [3.05, 3.63) is 0 Å². The van der Waals surface area contributed by atoms with E-state index in [4.69, 9.17) is 0 Å². The van der Waals surface area contributed by atoms with Crippen molar-refractivity contribution in [2.75, 3.05) is 20.6 Å². The molecule has 1 fully saturated rings. The zero-order valence-corrected chi connectivity index (χ0v) is 9.51. The first kappa shape index (κ1) is 11.0. The average Bonchev–Trinajstić information content (AvgIpc) is 2.03. The minimum Gasteiger partial charge on any atom is -0.314 e. The second-order valence-electron chi connectivity index (χ2n) is 4.92. The summed E-state index contributed by atoms with van der Waals surface area (Å²) in [7, 11) is 4.39. The van der Waals surface area contributed by atoms with E-state index in [1.54, 1.807) is 0 Å². The fourth-order valence-electron chi connectivity index (χ4n) is 2.20. The minimum atomic E-state index is 0.751. The fourth-order valence-corrected chi connectivity index (χ4v) is 2.20. The van der Waals surface area contributed by atoms with Gasteiger partial charge in [0, 0.05) is 12.1 Å². The summed E-state index contributed by atoms with van der Waals surface area (Å²) in [4.78, 5) is 2.37. The van der Waals surface area contributed by atoms with Gasteiger partial charge in [0.1, 0.15) is 0 Å². The van der Waals surface area contributed by atoms with E-state index >= 15 is 0 Å². The quantitative estimate of drug-likeness (QED) is 0.718. The molecule has 1 N–H and O–H groups in total. The molecule has 0 amide bonds. The van der Waals surface area contributed by atoms with E-state index in [2.05, 4.69) is 38.2 Å². The van der Waals surface area contributed by atoms with Gasteiger partial charge in [0.2, 0.25) is 0 Å². The van der Waals surface area contributed by atoms with Crippen molar-refractivity contribution >= 4 is 0 Å². The second kappa shape index (κ2) is 4.97. The molecule has 1 aliphatic rings. The summed E-state index contributed by atoms with van der Waals surface area (Å²) in [5.41, 5.74) is 0. The van der Waals surface area contributed by atoms with Crippen molar-refractivity contribution in [2.45, 2.75) is 45.2 Å². The molecule has 1 saturated heterocycles. The molecule has 0 aliphatic carbocycles. The van der Waals surface area contributed by atoms with Crippen LogP contribution < -0.4 is 5.32 Å². The molecule has 1 rings (SSSR count). The molecular formula is C11H24N2. The maximum Gasteiger partial charge on any atom is 0.0116 e. The molecule has 78 valence electrons. The molecule has 0 spiro atoms. The van der Waals surface area contributed by atoms with Gasteiger partial charge in [-0.1, -0.05) is 13.8 Å². The summed E-state index contributed by atoms with van der Waals surface area (Å²) in [6, 6.07) is 1.55. The van der Waals surface area contributed by atoms with Crippen LogP contribution in [0.5, 0.6) is 0 Å². The van der Waals surface area contributed by atoms with E-state index in [1.807, 2.05) is 0 Å². The van der Waals surface area contributed by atoms with Crippen molar-refractivity contribution in [1.82, 2.24) is 10.2 Å². The average molecular weight is 184 g/mol. The molecule has 2 atom stereocenters. The summed E-state index contributed by atoms with van der Waals surface area (Å²) in [5, 5.41) is 3.61. The molecule has 0 radical (unpaired) electrons. The molecule has 1 aliphatic heterocycles. The smallest absolute Gasteiger partial charge is 0.0116 e. The van der Waals surface area contributed by atoms with Gasteiger partial charge in [-0.15, -0.1) is 0 Å². The number of piperidine rings is 1. The Balaban J connectivity index is 2.33. The molecule has 0 aromatic heterocycles. The third kappa shape index (κ3) is 3.65. The molecule has 0 aromatic rings. The monoisotopic (exact) mass is 184 g/mol. The molecule has 2 heteroatoms. The van der Waals surface area contributed by atoms with E-state index in [0.29, 0.717) is 0 Å². The third-order valence-corrected chi connectivity index (χ3v) is 2.95. The fraction of sp³-hybridized carbons (Fsp3) is 1.00. The summed E-state index contributed by atoms with van der Waals surface area (Å²) < 4.78 is 0. The van der Waals surface area contributed by atoms with E-state index in [0.717, 1.165) is 18.0 Å². The largest absolute Gasteiger partial charge is 0.314 e. The Morgan fingerprint density at radius 2 is 2.08 bits per heavy atom. The summed E-state index contributed by atoms with van der Waals surface area (Å²) in [6.45, 7) is 5.81. The summed E-state index contributed by atoms with van der Waals surface area (Å²) >= 11 is 0. The van der Waals surface area contributed by atoms with Crippen LogP contribution in [0.1, 0.15) is 33.1 Å². The topological polar surface area (TPSA) is 15.3 Å². The molecule has 0 aromatic carbocycles. The molecule has 0 bridgehead atoms. The van der Waals surface area contributed by atoms with Crippen LogP contribution in [0.2, 0.25) is 0 Å². The van der Waals surface area contributed by atoms with Gasteiger partial charge in [-0.05, 0) is 45.8 Å². The van der Waals surface area contributed by atoms with Gasteiger partial charge >= 0.3 is 0 Å². The number of nitrogens with one attached hydrogen (secondary N) is 1. The standard InChI is InChI=1S/C11H24N2/c1-9(2)7-10-8-11(13(3)4)5-6-12-10/h9-12H,5-8H2,1-4H3. The Kier molecular flexibility index (Phi) is 4.20. The van der Waals surface area contributed by atoms with Crippen molar-refractivity contribution < 1.29 is 0 Å². The number of rotatable bonds is 3. The third-order valence-electron chi connectivity index (χ3n) is 2.95. The highest BCUT2D eigenvalue weighted by Gasteiger charge is 2.22. The molecule has 0 saturated carbocycles. The van der Waals surface area contributed by atoms with Gasteiger partial charge in [-0.25, -0.2) is 0 Å². The Bertz CT molecular complexity index is 143. The van der Waals surface area contributed by atoms with E-state index in [1.165, 1.54) is 25.8 Å². The van der Waals surface area contributed by atoms with Crippen LogP contribution in [0.4, 0.5) is 0 Å². The van der Waals surface area contributed by atoms with Gasteiger partial charge in [-0.3, -0.25) is 0 Å². The molecule has 2 nitrogen and oxygen atoms in total. The van der Waals surface area contributed by atoms with Crippen LogP contribution in [-0.4, -0.2) is 37.6 Å². The normalized spacial score (nSPS) is 30.0. The van der Waals surface area contributed by atoms with Crippen molar-refractivity contribution in [3.8, 4) is 0 Å². The van der Waals surface area contributed by atoms with Crippen molar-refractivity contribution in [1.29, 1.82) is 0 Å². The number of hydrogen-bond donors (Lipinski definition) is 1. The van der Waals surface area contributed by atoms with E-state index in [-0.39, 0.29) is 0 Å². The number of hydrogen-bond acceptors (Lipinski definition) is 2. The highest BCUT2D eigenvalue weighted by Crippen LogP contribution is 2.17. The first-order chi connectivity index (χ1) is 6.09. The first-order valence-corrected chi connectivity index (χ1v) is 5.49. The van der Waals surface area contributed by atoms with Crippen LogP contribution >= 0.6 is 0 Å². The first-order valence-electron chi connectivity index (χ1n) is 5.49. The summed E-state index contributed by atoms with van der Waals surface area (Å²) in [6.07, 6.45) is 3.96. The predicted molar refractivity (Wildman–Crippen MR) is 58.0 cm³/mol. The Morgan fingerprint density at radius 3 is 2.62 bits per heavy atom. The maximum atomic E-state index is 3.61. The van der Waals surface area contributed by atoms with Gasteiger partial charge in [-0.2, -0.15) is 0 Å². The lowest BCUT2D eigenvalue weighted by Gasteiger charge is -2.35. The second-order valence-corrected chi connectivity index (χ2v) is 4.92. The van der Waals surface area contributed by atoms with Gasteiger partial charge in [0.15, 0.2) is 0 Å². The van der Waals surface area contributed by atoms with E-state index in [9.17, 15) is 0 Å². The van der Waals surface area contributed by atoms with E-state index < -0.39 is 0 Å². The zero-order valence-electron chi connectivity index (χ0n) is 9.51. The molecule has 2 unspecified atom stereocenters. The van der Waals surface area contributed by atoms with Crippen LogP contribution in [0.15, 0.2) is 0 Å². The molecular weight excluding hydrogens is 160 g/mol. The predicted octanol–water partition coefficient (Wildman–Crippen LogP) is 1.71. The highest BCUT2D eigenvalue weighted by molar-refractivity contribution is 4.82. The van der Waals surface area contributed by atoms with Crippen molar-refractivity contribution in [2.24, 2.45) is 5.92 Å². The summed E-state index contributed by atoms with van der Waals surface area (Å²) in [5.74, 6) is 0.818. The van der Waals surface area contributed by atoms with Crippen LogP contribution in [0.3, 0.4) is 0 Å². The van der Waals surface area contributed by atoms with Crippen molar-refractivity contribution in [3.63, 3.8) is 0 Å². The molecule has 1 heterocycles. The number of nitrogens with zero attached hydrogens (tertiary/aromatic N) is 1. The Labute approximate surface area is 82.7 Å².